The highest BCUT2D eigenvalue weighted by atomic mass is 32.2. The van der Waals surface area contributed by atoms with Crippen molar-refractivity contribution in [1.29, 1.82) is 0 Å². The van der Waals surface area contributed by atoms with Crippen molar-refractivity contribution in [3.8, 4) is 0 Å². The van der Waals surface area contributed by atoms with Gasteiger partial charge in [0.1, 0.15) is 11.3 Å². The monoisotopic (exact) mass is 381 g/mol. The minimum Gasteiger partial charge on any atom is -0.353 e. The lowest BCUT2D eigenvalue weighted by atomic mass is 10.2. The summed E-state index contributed by atoms with van der Waals surface area (Å²) in [5, 5.41) is 5.41. The zero-order chi connectivity index (χ0) is 18.4. The van der Waals surface area contributed by atoms with Crippen LogP contribution in [0.25, 0.3) is 5.52 Å². The van der Waals surface area contributed by atoms with Gasteiger partial charge in [0.05, 0.1) is 11.4 Å². The normalized spacial score (nSPS) is 17.0. The van der Waals surface area contributed by atoms with E-state index in [1.54, 1.807) is 11.8 Å². The molecule has 1 saturated heterocycles. The third-order valence-corrected chi connectivity index (χ3v) is 5.99. The topological polar surface area (TPSA) is 62.5 Å². The second-order valence-corrected chi connectivity index (χ2v) is 7.93. The maximum Gasteiger partial charge on any atom is 0.189 e. The van der Waals surface area contributed by atoms with Gasteiger partial charge in [-0.3, -0.25) is 0 Å². The fraction of sp³-hybridized carbons (Fsp3) is 0.474. The average molecular weight is 382 g/mol. The third-order valence-electron chi connectivity index (χ3n) is 5.44. The Morgan fingerprint density at radius 1 is 1.00 bits per heavy atom. The third kappa shape index (κ3) is 2.92. The summed E-state index contributed by atoms with van der Waals surface area (Å²) in [5.41, 5.74) is 4.72. The van der Waals surface area contributed by atoms with Crippen LogP contribution in [0.1, 0.15) is 23.4 Å². The molecule has 1 fully saturated rings. The summed E-state index contributed by atoms with van der Waals surface area (Å²) < 4.78 is 1.92. The molecule has 4 heterocycles. The molecule has 0 spiro atoms. The van der Waals surface area contributed by atoms with E-state index < -0.39 is 0 Å². The van der Waals surface area contributed by atoms with Crippen LogP contribution in [0.4, 0.5) is 11.6 Å². The van der Waals surface area contributed by atoms with Crippen molar-refractivity contribution >= 4 is 28.9 Å². The van der Waals surface area contributed by atoms with Crippen molar-refractivity contribution in [2.75, 3.05) is 42.2 Å². The van der Waals surface area contributed by atoms with E-state index in [9.17, 15) is 0 Å². The zero-order valence-electron chi connectivity index (χ0n) is 15.7. The molecular weight excluding hydrogens is 358 g/mol. The van der Waals surface area contributed by atoms with Crippen LogP contribution in [-0.4, -0.2) is 57.0 Å². The second-order valence-electron chi connectivity index (χ2n) is 7.15. The molecule has 1 aliphatic carbocycles. The lowest BCUT2D eigenvalue weighted by molar-refractivity contribution is 0.635. The molecule has 8 heteroatoms. The van der Waals surface area contributed by atoms with Gasteiger partial charge in [0.2, 0.25) is 0 Å². The van der Waals surface area contributed by atoms with E-state index in [0.717, 1.165) is 67.0 Å². The molecule has 1 aliphatic heterocycles. The predicted octanol–water partition coefficient (Wildman–Crippen LogP) is 2.36. The van der Waals surface area contributed by atoms with Crippen molar-refractivity contribution in [2.24, 2.45) is 0 Å². The molecule has 3 aromatic heterocycles. The SMILES string of the molecule is CSc1nc2c(c(N3CCN(c4nccn5nc(C)cc45)CC3)n1)CCC2. The highest BCUT2D eigenvalue weighted by Crippen LogP contribution is 2.31. The molecule has 3 aromatic rings. The number of fused-ring (bicyclic) bond motifs is 2. The van der Waals surface area contributed by atoms with Crippen LogP contribution in [0.15, 0.2) is 23.6 Å². The first-order valence-electron chi connectivity index (χ1n) is 9.47. The molecule has 0 aromatic carbocycles. The number of anilines is 2. The predicted molar refractivity (Wildman–Crippen MR) is 108 cm³/mol. The molecule has 140 valence electrons. The molecule has 0 amide bonds. The van der Waals surface area contributed by atoms with E-state index in [2.05, 4.69) is 32.2 Å². The molecule has 2 aliphatic rings. The van der Waals surface area contributed by atoms with Crippen molar-refractivity contribution in [2.45, 2.75) is 31.3 Å². The van der Waals surface area contributed by atoms with Gasteiger partial charge in [-0.05, 0) is 38.5 Å². The summed E-state index contributed by atoms with van der Waals surface area (Å²) in [5.74, 6) is 2.18. The summed E-state index contributed by atoms with van der Waals surface area (Å²) in [7, 11) is 0. The van der Waals surface area contributed by atoms with Gasteiger partial charge in [0.15, 0.2) is 11.0 Å². The molecule has 0 radical (unpaired) electrons. The van der Waals surface area contributed by atoms with Gasteiger partial charge in [-0.2, -0.15) is 5.10 Å². The largest absolute Gasteiger partial charge is 0.353 e. The average Bonchev–Trinajstić information content (AvgIpc) is 3.32. The van der Waals surface area contributed by atoms with Gasteiger partial charge < -0.3 is 9.80 Å². The van der Waals surface area contributed by atoms with E-state index in [1.807, 2.05) is 23.8 Å². The quantitative estimate of drug-likeness (QED) is 0.510. The van der Waals surface area contributed by atoms with E-state index in [0.29, 0.717) is 0 Å². The van der Waals surface area contributed by atoms with Crippen molar-refractivity contribution in [3.05, 3.63) is 35.4 Å². The van der Waals surface area contributed by atoms with Gasteiger partial charge >= 0.3 is 0 Å². The second kappa shape index (κ2) is 6.67. The van der Waals surface area contributed by atoms with Gasteiger partial charge in [0.25, 0.3) is 0 Å². The summed E-state index contributed by atoms with van der Waals surface area (Å²) in [6.07, 6.45) is 9.19. The zero-order valence-corrected chi connectivity index (χ0v) is 16.5. The summed E-state index contributed by atoms with van der Waals surface area (Å²) in [6, 6.07) is 2.11. The Hall–Kier alpha value is -2.35. The molecule has 0 unspecified atom stereocenters. The minimum absolute atomic E-state index is 0.897. The highest BCUT2D eigenvalue weighted by Gasteiger charge is 2.26. The lowest BCUT2D eigenvalue weighted by Gasteiger charge is -2.37. The molecule has 27 heavy (non-hydrogen) atoms. The van der Waals surface area contributed by atoms with Gasteiger partial charge in [-0.25, -0.2) is 19.5 Å². The number of piperazine rings is 1. The fourth-order valence-electron chi connectivity index (χ4n) is 4.15. The summed E-state index contributed by atoms with van der Waals surface area (Å²) >= 11 is 1.64. The van der Waals surface area contributed by atoms with Crippen molar-refractivity contribution in [1.82, 2.24) is 24.6 Å². The van der Waals surface area contributed by atoms with Crippen LogP contribution >= 0.6 is 11.8 Å². The van der Waals surface area contributed by atoms with Crippen LogP contribution in [0.3, 0.4) is 0 Å². The van der Waals surface area contributed by atoms with E-state index in [4.69, 9.17) is 9.97 Å². The Kier molecular flexibility index (Phi) is 4.15. The van der Waals surface area contributed by atoms with Crippen molar-refractivity contribution < 1.29 is 0 Å². The first kappa shape index (κ1) is 16.8. The molecule has 0 atom stereocenters. The number of nitrogens with zero attached hydrogens (tertiary/aromatic N) is 7. The van der Waals surface area contributed by atoms with Crippen LogP contribution in [0.5, 0.6) is 0 Å². The number of thioether (sulfide) groups is 1. The van der Waals surface area contributed by atoms with Crippen LogP contribution < -0.4 is 9.80 Å². The van der Waals surface area contributed by atoms with Crippen LogP contribution in [-0.2, 0) is 12.8 Å². The standard InChI is InChI=1S/C19H23N7S/c1-13-12-16-18(20-6-7-26(16)23-13)25-10-8-24(9-11-25)17-14-4-3-5-15(14)21-19(22-17)27-2/h6-7,12H,3-5,8-11H2,1-2H3. The van der Waals surface area contributed by atoms with E-state index in [1.165, 1.54) is 17.7 Å². The maximum absolute atomic E-state index is 4.87. The van der Waals surface area contributed by atoms with E-state index in [-0.39, 0.29) is 0 Å². The number of aromatic nitrogens is 5. The Morgan fingerprint density at radius 2 is 1.78 bits per heavy atom. The lowest BCUT2D eigenvalue weighted by Crippen LogP contribution is -2.47. The summed E-state index contributed by atoms with van der Waals surface area (Å²) in [4.78, 5) is 19.0. The molecule has 7 nitrogen and oxygen atoms in total. The first-order valence-corrected chi connectivity index (χ1v) is 10.7. The minimum atomic E-state index is 0.897. The van der Waals surface area contributed by atoms with Crippen LogP contribution in [0.2, 0.25) is 0 Å². The molecular formula is C19H23N7S. The van der Waals surface area contributed by atoms with Crippen molar-refractivity contribution in [3.63, 3.8) is 0 Å². The van der Waals surface area contributed by atoms with Gasteiger partial charge in [-0.1, -0.05) is 11.8 Å². The number of rotatable bonds is 3. The number of aryl methyl sites for hydroxylation is 2. The number of hydrogen-bond donors (Lipinski definition) is 0. The van der Waals surface area contributed by atoms with E-state index >= 15 is 0 Å². The smallest absolute Gasteiger partial charge is 0.189 e. The maximum atomic E-state index is 4.87. The fourth-order valence-corrected chi connectivity index (χ4v) is 4.53. The van der Waals surface area contributed by atoms with Gasteiger partial charge in [0, 0.05) is 44.1 Å². The number of hydrogen-bond acceptors (Lipinski definition) is 7. The highest BCUT2D eigenvalue weighted by molar-refractivity contribution is 7.98. The Bertz CT molecular complexity index is 991. The molecule has 0 saturated carbocycles. The summed E-state index contributed by atoms with van der Waals surface area (Å²) in [6.45, 7) is 5.79. The molecule has 5 rings (SSSR count). The molecule has 0 N–H and O–H groups in total. The first-order chi connectivity index (χ1) is 13.2. The molecule has 0 bridgehead atoms. The van der Waals surface area contributed by atoms with Gasteiger partial charge in [-0.15, -0.1) is 0 Å². The van der Waals surface area contributed by atoms with Crippen LogP contribution in [0, 0.1) is 6.92 Å². The Morgan fingerprint density at radius 3 is 2.56 bits per heavy atom. The Balaban J connectivity index is 1.40. The Labute approximate surface area is 162 Å².